The minimum Gasteiger partial charge on any atom is -0.379 e. The van der Waals surface area contributed by atoms with E-state index in [0.29, 0.717) is 0 Å². The third kappa shape index (κ3) is 12.4. The van der Waals surface area contributed by atoms with Crippen LogP contribution in [-0.2, 0) is 0 Å². The van der Waals surface area contributed by atoms with Crippen molar-refractivity contribution in [3.05, 3.63) is 71.9 Å². The Hall–Kier alpha value is -1.67. The van der Waals surface area contributed by atoms with E-state index in [-0.39, 0.29) is 5.41 Å². The van der Waals surface area contributed by atoms with Crippen LogP contribution in [0.25, 0.3) is 0 Å². The molecule has 0 heterocycles. The molecule has 1 nitrogen and oxygen atoms in total. The lowest BCUT2D eigenvalue weighted by molar-refractivity contribution is 0.432. The topological polar surface area (TPSA) is 12.0 Å². The highest BCUT2D eigenvalue weighted by molar-refractivity contribution is 7.80. The van der Waals surface area contributed by atoms with Gasteiger partial charge >= 0.3 is 0 Å². The van der Waals surface area contributed by atoms with Crippen molar-refractivity contribution in [3.63, 3.8) is 0 Å². The zero-order valence-electron chi connectivity index (χ0n) is 16.9. The van der Waals surface area contributed by atoms with Gasteiger partial charge in [-0.2, -0.15) is 0 Å². The monoisotopic (exact) mass is 357 g/mol. The van der Waals surface area contributed by atoms with E-state index in [9.17, 15) is 0 Å². The second-order valence-electron chi connectivity index (χ2n) is 7.67. The molecule has 0 saturated carbocycles. The molecule has 0 radical (unpaired) electrons. The molecular formula is C23H35NS. The summed E-state index contributed by atoms with van der Waals surface area (Å²) in [5, 5.41) is 3.31. The minimum atomic E-state index is 0.235. The maximum absolute atomic E-state index is 5.36. The van der Waals surface area contributed by atoms with Crippen LogP contribution in [0, 0.1) is 5.41 Å². The third-order valence-corrected chi connectivity index (χ3v) is 3.94. The van der Waals surface area contributed by atoms with Crippen LogP contribution in [0.2, 0.25) is 0 Å². The van der Waals surface area contributed by atoms with Crippen molar-refractivity contribution < 1.29 is 0 Å². The molecule has 25 heavy (non-hydrogen) atoms. The van der Waals surface area contributed by atoms with Gasteiger partial charge in [-0.1, -0.05) is 93.7 Å². The van der Waals surface area contributed by atoms with Gasteiger partial charge < -0.3 is 5.32 Å². The van der Waals surface area contributed by atoms with Crippen LogP contribution in [0.1, 0.15) is 54.4 Å². The summed E-state index contributed by atoms with van der Waals surface area (Å²) in [6, 6.07) is 0. The van der Waals surface area contributed by atoms with Crippen LogP contribution in [-0.4, -0.2) is 11.5 Å². The molecule has 0 amide bonds. The molecule has 0 aromatic rings. The summed E-state index contributed by atoms with van der Waals surface area (Å²) >= 11 is 5.36. The average molecular weight is 358 g/mol. The highest BCUT2D eigenvalue weighted by atomic mass is 32.1. The van der Waals surface area contributed by atoms with E-state index in [1.807, 2.05) is 18.2 Å². The van der Waals surface area contributed by atoms with Crippen LogP contribution in [0.5, 0.6) is 0 Å². The largest absolute Gasteiger partial charge is 0.379 e. The van der Waals surface area contributed by atoms with Gasteiger partial charge in [-0.25, -0.2) is 0 Å². The molecule has 0 unspecified atom stereocenters. The van der Waals surface area contributed by atoms with Gasteiger partial charge in [0.25, 0.3) is 0 Å². The summed E-state index contributed by atoms with van der Waals surface area (Å²) in [6.07, 6.45) is 14.1. The van der Waals surface area contributed by atoms with Crippen LogP contribution in [0.4, 0.5) is 0 Å². The Morgan fingerprint density at radius 3 is 2.28 bits per heavy atom. The number of allylic oxidation sites excluding steroid dienone is 9. The van der Waals surface area contributed by atoms with E-state index < -0.39 is 0 Å². The van der Waals surface area contributed by atoms with E-state index in [1.54, 1.807) is 0 Å². The number of hydrogen-bond donors (Lipinski definition) is 1. The van der Waals surface area contributed by atoms with Crippen molar-refractivity contribution in [2.24, 2.45) is 5.41 Å². The summed E-state index contributed by atoms with van der Waals surface area (Å²) in [5.74, 6) is 0. The van der Waals surface area contributed by atoms with Gasteiger partial charge in [-0.15, -0.1) is 0 Å². The smallest absolute Gasteiger partial charge is 0.0758 e. The maximum Gasteiger partial charge on any atom is 0.0758 e. The predicted molar refractivity (Wildman–Crippen MR) is 119 cm³/mol. The van der Waals surface area contributed by atoms with Crippen molar-refractivity contribution in [1.29, 1.82) is 0 Å². The SMILES string of the molecule is C=C/C(=C\C=C/CCNC(=S)CC(C)(C)C)C(=C)/C=C\C(C)=C(C)C. The van der Waals surface area contributed by atoms with Gasteiger partial charge in [0.05, 0.1) is 4.99 Å². The molecule has 1 N–H and O–H groups in total. The first-order chi connectivity index (χ1) is 11.6. The van der Waals surface area contributed by atoms with Crippen molar-refractivity contribution in [2.45, 2.75) is 54.4 Å². The molecule has 0 atom stereocenters. The second-order valence-corrected chi connectivity index (χ2v) is 8.16. The molecule has 0 rings (SSSR count). The third-order valence-electron chi connectivity index (χ3n) is 3.65. The normalized spacial score (nSPS) is 12.5. The molecule has 0 spiro atoms. The van der Waals surface area contributed by atoms with Crippen LogP contribution >= 0.6 is 12.2 Å². The van der Waals surface area contributed by atoms with Gasteiger partial charge in [-0.3, -0.25) is 0 Å². The molecule has 138 valence electrons. The second kappa shape index (κ2) is 11.8. The number of hydrogen-bond acceptors (Lipinski definition) is 1. The lowest BCUT2D eigenvalue weighted by Crippen LogP contribution is -2.26. The molecular weight excluding hydrogens is 322 g/mol. The molecule has 0 saturated heterocycles. The van der Waals surface area contributed by atoms with Crippen LogP contribution < -0.4 is 5.32 Å². The molecule has 0 aromatic heterocycles. The Morgan fingerprint density at radius 1 is 1.12 bits per heavy atom. The predicted octanol–water partition coefficient (Wildman–Crippen LogP) is 6.87. The molecule has 0 fully saturated rings. The first-order valence-electron chi connectivity index (χ1n) is 8.84. The van der Waals surface area contributed by atoms with E-state index in [0.717, 1.165) is 35.5 Å². The standard InChI is InChI=1S/C23H35NS/c1-9-21(20(5)15-14-19(4)18(2)3)13-11-10-12-16-24-22(25)17-23(6,7)8/h9-11,13-15H,1,5,12,16-17H2,2-4,6-8H3,(H,24,25)/b11-10-,15-14-,21-13+. The number of thiocarbonyl (C=S) groups is 1. The summed E-state index contributed by atoms with van der Waals surface area (Å²) in [7, 11) is 0. The average Bonchev–Trinajstić information content (AvgIpc) is 2.49. The molecule has 0 bridgehead atoms. The van der Waals surface area contributed by atoms with Gasteiger partial charge in [-0.05, 0) is 43.8 Å². The lowest BCUT2D eigenvalue weighted by atomic mass is 9.92. The molecule has 0 aliphatic carbocycles. The van der Waals surface area contributed by atoms with E-state index in [4.69, 9.17) is 12.2 Å². The van der Waals surface area contributed by atoms with Gasteiger partial charge in [0, 0.05) is 13.0 Å². The summed E-state index contributed by atoms with van der Waals surface area (Å²) in [4.78, 5) is 0.941. The van der Waals surface area contributed by atoms with Crippen molar-refractivity contribution in [2.75, 3.05) is 6.54 Å². The van der Waals surface area contributed by atoms with Gasteiger partial charge in [0.2, 0.25) is 0 Å². The zero-order valence-corrected chi connectivity index (χ0v) is 17.7. The van der Waals surface area contributed by atoms with E-state index >= 15 is 0 Å². The Kier molecular flexibility index (Phi) is 11.0. The number of nitrogens with one attached hydrogen (secondary N) is 1. The lowest BCUT2D eigenvalue weighted by Gasteiger charge is -2.19. The first kappa shape index (κ1) is 23.3. The zero-order chi connectivity index (χ0) is 19.5. The van der Waals surface area contributed by atoms with E-state index in [2.05, 4.69) is 78.2 Å². The highest BCUT2D eigenvalue weighted by Crippen LogP contribution is 2.18. The van der Waals surface area contributed by atoms with Crippen molar-refractivity contribution in [3.8, 4) is 0 Å². The summed E-state index contributed by atoms with van der Waals surface area (Å²) in [6.45, 7) is 21.8. The molecule has 2 heteroatoms. The molecule has 0 aliphatic heterocycles. The van der Waals surface area contributed by atoms with Crippen molar-refractivity contribution in [1.82, 2.24) is 5.32 Å². The van der Waals surface area contributed by atoms with Gasteiger partial charge in [0.15, 0.2) is 0 Å². The van der Waals surface area contributed by atoms with Gasteiger partial charge in [0.1, 0.15) is 0 Å². The minimum absolute atomic E-state index is 0.235. The highest BCUT2D eigenvalue weighted by Gasteiger charge is 2.12. The van der Waals surface area contributed by atoms with E-state index in [1.165, 1.54) is 11.1 Å². The summed E-state index contributed by atoms with van der Waals surface area (Å²) in [5.41, 5.74) is 4.80. The first-order valence-corrected chi connectivity index (χ1v) is 9.25. The fourth-order valence-electron chi connectivity index (χ4n) is 1.90. The molecule has 0 aliphatic rings. The summed E-state index contributed by atoms with van der Waals surface area (Å²) < 4.78 is 0. The maximum atomic E-state index is 5.36. The Bertz CT molecular complexity index is 588. The fraction of sp³-hybridized carbons (Fsp3) is 0.435. The van der Waals surface area contributed by atoms with Crippen LogP contribution in [0.15, 0.2) is 71.9 Å². The van der Waals surface area contributed by atoms with Crippen molar-refractivity contribution >= 4 is 17.2 Å². The molecule has 0 aromatic carbocycles. The number of rotatable bonds is 9. The Balaban J connectivity index is 4.45. The quantitative estimate of drug-likeness (QED) is 0.274. The Labute approximate surface area is 161 Å². The fourth-order valence-corrected chi connectivity index (χ4v) is 2.44. The Morgan fingerprint density at radius 2 is 1.76 bits per heavy atom. The van der Waals surface area contributed by atoms with Crippen LogP contribution in [0.3, 0.4) is 0 Å².